The molecule has 0 spiro atoms. The zero-order valence-corrected chi connectivity index (χ0v) is 25.2. The lowest BCUT2D eigenvalue weighted by Crippen LogP contribution is -2.66. The fraction of sp³-hybridized carbons (Fsp3) is 0.815. The fourth-order valence-corrected chi connectivity index (χ4v) is 4.18. The van der Waals surface area contributed by atoms with Crippen LogP contribution in [0.25, 0.3) is 0 Å². The predicted octanol–water partition coefficient (Wildman–Crippen LogP) is 0.780. The van der Waals surface area contributed by atoms with E-state index in [-0.39, 0.29) is 35.5 Å². The summed E-state index contributed by atoms with van der Waals surface area (Å²) in [6, 6.07) is -2.93. The fourth-order valence-electron chi connectivity index (χ4n) is 4.18. The Morgan fingerprint density at radius 3 is 1.82 bits per heavy atom. The molecule has 4 amide bonds. The highest BCUT2D eigenvalue weighted by molar-refractivity contribution is 5.93. The van der Waals surface area contributed by atoms with Crippen molar-refractivity contribution in [1.29, 1.82) is 0 Å². The molecule has 11 nitrogen and oxygen atoms in total. The van der Waals surface area contributed by atoms with Gasteiger partial charge in [0, 0.05) is 14.1 Å². The van der Waals surface area contributed by atoms with E-state index in [1.54, 1.807) is 21.0 Å². The van der Waals surface area contributed by atoms with Crippen LogP contribution < -0.4 is 26.6 Å². The Bertz CT molecular complexity index is 803. The maximum atomic E-state index is 13.4. The van der Waals surface area contributed by atoms with E-state index in [4.69, 9.17) is 0 Å². The van der Waals surface area contributed by atoms with Gasteiger partial charge in [-0.05, 0) is 51.0 Å². The van der Waals surface area contributed by atoms with Gasteiger partial charge in [0.15, 0.2) is 6.29 Å². The van der Waals surface area contributed by atoms with Gasteiger partial charge in [-0.1, -0.05) is 48.5 Å². The van der Waals surface area contributed by atoms with Gasteiger partial charge in [-0.25, -0.2) is 0 Å². The molecule has 0 bridgehead atoms. The van der Waals surface area contributed by atoms with Crippen LogP contribution in [0.2, 0.25) is 0 Å². The quantitative estimate of drug-likeness (QED) is 0.135. The lowest BCUT2D eigenvalue weighted by Gasteiger charge is -2.35. The van der Waals surface area contributed by atoms with Gasteiger partial charge in [-0.15, -0.1) is 0 Å². The van der Waals surface area contributed by atoms with Crippen LogP contribution in [0.15, 0.2) is 0 Å². The van der Waals surface area contributed by atoms with E-state index in [1.807, 2.05) is 41.5 Å². The predicted molar refractivity (Wildman–Crippen MR) is 149 cm³/mol. The Kier molecular flexibility index (Phi) is 15.3. The lowest BCUT2D eigenvalue weighted by atomic mass is 9.98. The monoisotopic (exact) mass is 540 g/mol. The summed E-state index contributed by atoms with van der Waals surface area (Å²) in [6.07, 6.45) is 1.91. The molecule has 0 aromatic heterocycles. The highest BCUT2D eigenvalue weighted by Gasteiger charge is 2.37. The SMILES string of the molecule is CCC(NC(C)(C=O)NC(=O)C(CC(C)C)NC)C(=O)NC(C(=O)N(C)C(CC(C)C)C(=O)NC)C(C)C. The summed E-state index contributed by atoms with van der Waals surface area (Å²) in [5.74, 6) is -1.33. The first-order chi connectivity index (χ1) is 17.6. The molecule has 38 heavy (non-hydrogen) atoms. The summed E-state index contributed by atoms with van der Waals surface area (Å²) in [5.41, 5.74) is -1.50. The molecule has 0 aliphatic rings. The lowest BCUT2D eigenvalue weighted by molar-refractivity contribution is -0.143. The molecule has 5 N–H and O–H groups in total. The molecular weight excluding hydrogens is 488 g/mol. The van der Waals surface area contributed by atoms with Crippen molar-refractivity contribution in [2.75, 3.05) is 21.1 Å². The van der Waals surface area contributed by atoms with Gasteiger partial charge in [0.25, 0.3) is 0 Å². The number of amides is 4. The summed E-state index contributed by atoms with van der Waals surface area (Å²) in [5, 5.41) is 14.0. The summed E-state index contributed by atoms with van der Waals surface area (Å²) in [7, 11) is 4.77. The number of carbonyl (C=O) groups excluding carboxylic acids is 5. The minimum atomic E-state index is -1.50. The van der Waals surface area contributed by atoms with Gasteiger partial charge >= 0.3 is 0 Å². The molecule has 5 atom stereocenters. The number of hydrogen-bond acceptors (Lipinski definition) is 7. The highest BCUT2D eigenvalue weighted by atomic mass is 16.2. The second kappa shape index (κ2) is 16.4. The standard InChI is InChI=1S/C27H52N6O5/c1-12-19(31-27(8,15-34)32-24(36)20(28-9)13-16(2)3)23(35)30-22(18(6)7)26(38)33(11)21(14-17(4)5)25(37)29-10/h15-22,28,31H,12-14H2,1-11H3,(H,29,37)(H,30,35)(H,32,36). The molecule has 0 saturated carbocycles. The number of nitrogens with one attached hydrogen (secondary N) is 5. The zero-order valence-electron chi connectivity index (χ0n) is 25.2. The zero-order chi connectivity index (χ0) is 29.8. The third-order valence-corrected chi connectivity index (χ3v) is 6.48. The first kappa shape index (κ1) is 35.5. The maximum Gasteiger partial charge on any atom is 0.245 e. The third kappa shape index (κ3) is 11.1. The topological polar surface area (TPSA) is 149 Å². The molecule has 11 heteroatoms. The molecule has 0 rings (SSSR count). The molecule has 0 aliphatic heterocycles. The summed E-state index contributed by atoms with van der Waals surface area (Å²) in [4.78, 5) is 65.5. The van der Waals surface area contributed by atoms with Crippen molar-refractivity contribution >= 4 is 29.9 Å². The van der Waals surface area contributed by atoms with Crippen LogP contribution in [0.1, 0.15) is 74.7 Å². The van der Waals surface area contributed by atoms with Crippen LogP contribution in [0, 0.1) is 17.8 Å². The van der Waals surface area contributed by atoms with Gasteiger partial charge in [0.05, 0.1) is 12.1 Å². The van der Waals surface area contributed by atoms with Gasteiger partial charge < -0.3 is 26.2 Å². The normalized spacial score (nSPS) is 16.3. The van der Waals surface area contributed by atoms with Crippen LogP contribution in [-0.2, 0) is 24.0 Å². The van der Waals surface area contributed by atoms with E-state index in [2.05, 4.69) is 26.6 Å². The Balaban J connectivity index is 5.73. The number of carbonyl (C=O) groups is 5. The van der Waals surface area contributed by atoms with E-state index in [0.717, 1.165) is 0 Å². The van der Waals surface area contributed by atoms with Crippen molar-refractivity contribution in [1.82, 2.24) is 31.5 Å². The summed E-state index contributed by atoms with van der Waals surface area (Å²) in [6.45, 7) is 14.8. The van der Waals surface area contributed by atoms with Crippen molar-refractivity contribution < 1.29 is 24.0 Å². The van der Waals surface area contributed by atoms with Crippen LogP contribution in [-0.4, -0.2) is 85.8 Å². The first-order valence-corrected chi connectivity index (χ1v) is 13.6. The summed E-state index contributed by atoms with van der Waals surface area (Å²) >= 11 is 0. The van der Waals surface area contributed by atoms with Crippen molar-refractivity contribution in [3.63, 3.8) is 0 Å². The molecule has 5 unspecified atom stereocenters. The molecule has 220 valence electrons. The minimum absolute atomic E-state index is 0.174. The van der Waals surface area contributed by atoms with Crippen LogP contribution in [0.4, 0.5) is 0 Å². The highest BCUT2D eigenvalue weighted by Crippen LogP contribution is 2.15. The van der Waals surface area contributed by atoms with E-state index < -0.39 is 35.7 Å². The Morgan fingerprint density at radius 1 is 0.868 bits per heavy atom. The van der Waals surface area contributed by atoms with E-state index >= 15 is 0 Å². The Labute approximate surface area is 229 Å². The Morgan fingerprint density at radius 2 is 1.42 bits per heavy atom. The van der Waals surface area contributed by atoms with Crippen molar-refractivity contribution in [2.24, 2.45) is 17.8 Å². The molecule has 0 radical (unpaired) electrons. The van der Waals surface area contributed by atoms with Gasteiger partial charge in [-0.2, -0.15) is 0 Å². The second-order valence-corrected chi connectivity index (χ2v) is 11.3. The molecule has 0 aliphatic carbocycles. The second-order valence-electron chi connectivity index (χ2n) is 11.3. The van der Waals surface area contributed by atoms with Crippen LogP contribution in [0.5, 0.6) is 0 Å². The molecule has 0 heterocycles. The molecule has 0 saturated heterocycles. The average molecular weight is 541 g/mol. The van der Waals surface area contributed by atoms with Crippen molar-refractivity contribution in [2.45, 2.75) is 104 Å². The van der Waals surface area contributed by atoms with Crippen molar-refractivity contribution in [3.8, 4) is 0 Å². The Hall–Kier alpha value is -2.53. The number of rotatable bonds is 17. The first-order valence-electron chi connectivity index (χ1n) is 13.6. The number of hydrogen-bond donors (Lipinski definition) is 5. The number of nitrogens with zero attached hydrogens (tertiary/aromatic N) is 1. The summed E-state index contributed by atoms with van der Waals surface area (Å²) < 4.78 is 0. The van der Waals surface area contributed by atoms with Crippen LogP contribution >= 0.6 is 0 Å². The number of likely N-dealkylation sites (N-methyl/N-ethyl adjacent to an activating group) is 3. The smallest absolute Gasteiger partial charge is 0.245 e. The van der Waals surface area contributed by atoms with Gasteiger partial charge in [0.1, 0.15) is 17.7 Å². The minimum Gasteiger partial charge on any atom is -0.357 e. The largest absolute Gasteiger partial charge is 0.357 e. The molecular formula is C27H52N6O5. The van der Waals surface area contributed by atoms with E-state index in [9.17, 15) is 24.0 Å². The van der Waals surface area contributed by atoms with Gasteiger partial charge in [0.2, 0.25) is 23.6 Å². The van der Waals surface area contributed by atoms with Crippen molar-refractivity contribution in [3.05, 3.63) is 0 Å². The third-order valence-electron chi connectivity index (χ3n) is 6.48. The van der Waals surface area contributed by atoms with Gasteiger partial charge in [-0.3, -0.25) is 29.3 Å². The average Bonchev–Trinajstić information content (AvgIpc) is 2.85. The van der Waals surface area contributed by atoms with E-state index in [1.165, 1.54) is 18.9 Å². The van der Waals surface area contributed by atoms with Crippen LogP contribution in [0.3, 0.4) is 0 Å². The molecule has 0 aromatic carbocycles. The maximum absolute atomic E-state index is 13.4. The van der Waals surface area contributed by atoms with E-state index in [0.29, 0.717) is 25.5 Å². The molecule has 0 aromatic rings. The molecule has 0 fully saturated rings. The number of aldehydes is 1.